The lowest BCUT2D eigenvalue weighted by atomic mass is 10.3. The van der Waals surface area contributed by atoms with Crippen LogP contribution in [0.1, 0.15) is 0 Å². The maximum atomic E-state index is 11.3. The second-order valence-corrected chi connectivity index (χ2v) is 5.87. The van der Waals surface area contributed by atoms with Gasteiger partial charge in [0.1, 0.15) is 22.9 Å². The Labute approximate surface area is 126 Å². The number of halogens is 1. The van der Waals surface area contributed by atoms with Crippen molar-refractivity contribution >= 4 is 55.7 Å². The number of hydrogen-bond acceptors (Lipinski definition) is 5. The zero-order chi connectivity index (χ0) is 14.4. The maximum absolute atomic E-state index is 11.3. The number of nitrogens with one attached hydrogen (secondary N) is 3. The molecule has 1 aromatic carbocycles. The number of aromatic amines is 2. The van der Waals surface area contributed by atoms with E-state index >= 15 is 0 Å². The van der Waals surface area contributed by atoms with Gasteiger partial charge in [0.25, 0.3) is 0 Å². The Kier molecular flexibility index (Phi) is 2.69. The Morgan fingerprint density at radius 1 is 1.19 bits per heavy atom. The van der Waals surface area contributed by atoms with Gasteiger partial charge in [-0.25, -0.2) is 9.97 Å². The standard InChI is InChI=1S/C13H8ClN5OS/c14-10-4-7-11(15-5-16-12(7)19-10)17-6-1-2-8-9(3-6)21-13(20)18-8/h1-5H,(H,18,20)(H2,15,16,17,19). The minimum atomic E-state index is -0.0657. The van der Waals surface area contributed by atoms with E-state index in [9.17, 15) is 4.79 Å². The first-order chi connectivity index (χ1) is 10.2. The molecular weight excluding hydrogens is 310 g/mol. The molecule has 0 aliphatic carbocycles. The van der Waals surface area contributed by atoms with Gasteiger partial charge in [-0.1, -0.05) is 22.9 Å². The number of anilines is 2. The molecule has 0 aliphatic heterocycles. The molecule has 21 heavy (non-hydrogen) atoms. The van der Waals surface area contributed by atoms with E-state index in [0.717, 1.165) is 21.3 Å². The number of thiazole rings is 1. The van der Waals surface area contributed by atoms with Gasteiger partial charge in [0, 0.05) is 5.69 Å². The normalized spacial score (nSPS) is 11.3. The summed E-state index contributed by atoms with van der Waals surface area (Å²) in [6.07, 6.45) is 1.46. The molecule has 0 fully saturated rings. The highest BCUT2D eigenvalue weighted by Crippen LogP contribution is 2.27. The number of hydrogen-bond donors (Lipinski definition) is 3. The molecule has 4 aromatic rings. The number of aromatic nitrogens is 4. The number of fused-ring (bicyclic) bond motifs is 2. The van der Waals surface area contributed by atoms with Crippen molar-refractivity contribution in [2.24, 2.45) is 0 Å². The highest BCUT2D eigenvalue weighted by atomic mass is 35.5. The fourth-order valence-corrected chi connectivity index (χ4v) is 3.14. The molecule has 8 heteroatoms. The summed E-state index contributed by atoms with van der Waals surface area (Å²) in [5.74, 6) is 0.658. The third-order valence-electron chi connectivity index (χ3n) is 3.08. The van der Waals surface area contributed by atoms with Crippen molar-refractivity contribution < 1.29 is 0 Å². The molecule has 3 N–H and O–H groups in total. The Morgan fingerprint density at radius 3 is 3.00 bits per heavy atom. The first-order valence-electron chi connectivity index (χ1n) is 6.08. The highest BCUT2D eigenvalue weighted by molar-refractivity contribution is 7.16. The fraction of sp³-hybridized carbons (Fsp3) is 0. The molecule has 0 atom stereocenters. The van der Waals surface area contributed by atoms with Gasteiger partial charge in [0.15, 0.2) is 0 Å². The van der Waals surface area contributed by atoms with Crippen LogP contribution in [0.2, 0.25) is 5.15 Å². The van der Waals surface area contributed by atoms with E-state index in [-0.39, 0.29) is 4.87 Å². The maximum Gasteiger partial charge on any atom is 0.305 e. The van der Waals surface area contributed by atoms with Gasteiger partial charge in [-0.15, -0.1) is 0 Å². The number of H-pyrrole nitrogens is 2. The zero-order valence-corrected chi connectivity index (χ0v) is 12.0. The van der Waals surface area contributed by atoms with Crippen molar-refractivity contribution in [2.45, 2.75) is 0 Å². The third-order valence-corrected chi connectivity index (χ3v) is 4.13. The van der Waals surface area contributed by atoms with Gasteiger partial charge in [-0.3, -0.25) is 4.79 Å². The van der Waals surface area contributed by atoms with Crippen LogP contribution in [0.5, 0.6) is 0 Å². The summed E-state index contributed by atoms with van der Waals surface area (Å²) in [4.78, 5) is 25.3. The van der Waals surface area contributed by atoms with Gasteiger partial charge < -0.3 is 15.3 Å². The number of nitrogens with zero attached hydrogens (tertiary/aromatic N) is 2. The summed E-state index contributed by atoms with van der Waals surface area (Å²) in [7, 11) is 0. The zero-order valence-electron chi connectivity index (χ0n) is 10.5. The van der Waals surface area contributed by atoms with Gasteiger partial charge >= 0.3 is 4.87 Å². The van der Waals surface area contributed by atoms with Gasteiger partial charge in [0.2, 0.25) is 0 Å². The molecule has 0 radical (unpaired) electrons. The van der Waals surface area contributed by atoms with E-state index in [1.165, 1.54) is 17.7 Å². The summed E-state index contributed by atoms with van der Waals surface area (Å²) in [5, 5.41) is 4.54. The fourth-order valence-electron chi connectivity index (χ4n) is 2.17. The molecule has 3 heterocycles. The average Bonchev–Trinajstić information content (AvgIpc) is 2.99. The van der Waals surface area contributed by atoms with Crippen molar-refractivity contribution in [1.29, 1.82) is 0 Å². The van der Waals surface area contributed by atoms with Crippen molar-refractivity contribution in [3.8, 4) is 0 Å². The molecule has 0 aliphatic rings. The summed E-state index contributed by atoms with van der Waals surface area (Å²) in [6.45, 7) is 0. The van der Waals surface area contributed by atoms with E-state index in [1.54, 1.807) is 6.07 Å². The SMILES string of the molecule is O=c1[nH]c2ccc(Nc3ncnc4[nH]c(Cl)cc34)cc2s1. The van der Waals surface area contributed by atoms with Crippen LogP contribution >= 0.6 is 22.9 Å². The van der Waals surface area contributed by atoms with E-state index in [1.807, 2.05) is 18.2 Å². The Hall–Kier alpha value is -2.38. The van der Waals surface area contributed by atoms with Gasteiger partial charge in [-0.2, -0.15) is 0 Å². The van der Waals surface area contributed by atoms with Crippen LogP contribution in [0.25, 0.3) is 21.3 Å². The van der Waals surface area contributed by atoms with Crippen molar-refractivity contribution in [3.05, 3.63) is 45.4 Å². The second kappa shape index (κ2) is 4.57. The number of benzene rings is 1. The van der Waals surface area contributed by atoms with E-state index in [2.05, 4.69) is 25.3 Å². The summed E-state index contributed by atoms with van der Waals surface area (Å²) in [5.41, 5.74) is 2.34. The van der Waals surface area contributed by atoms with Gasteiger partial charge in [0.05, 0.1) is 15.6 Å². The van der Waals surface area contributed by atoms with Crippen LogP contribution in [-0.2, 0) is 0 Å². The predicted octanol–water partition coefficient (Wildman–Crippen LogP) is 3.26. The van der Waals surface area contributed by atoms with E-state index in [0.29, 0.717) is 16.6 Å². The van der Waals surface area contributed by atoms with Crippen molar-refractivity contribution in [3.63, 3.8) is 0 Å². The first kappa shape index (κ1) is 12.4. The summed E-state index contributed by atoms with van der Waals surface area (Å²) < 4.78 is 0.891. The van der Waals surface area contributed by atoms with E-state index < -0.39 is 0 Å². The topological polar surface area (TPSA) is 86.5 Å². The average molecular weight is 318 g/mol. The molecule has 0 bridgehead atoms. The smallest absolute Gasteiger partial charge is 0.305 e. The van der Waals surface area contributed by atoms with Gasteiger partial charge in [-0.05, 0) is 24.3 Å². The van der Waals surface area contributed by atoms with Crippen LogP contribution < -0.4 is 10.2 Å². The molecular formula is C13H8ClN5OS. The van der Waals surface area contributed by atoms with Crippen LogP contribution in [-0.4, -0.2) is 19.9 Å². The van der Waals surface area contributed by atoms with Crippen LogP contribution in [0.4, 0.5) is 11.5 Å². The largest absolute Gasteiger partial charge is 0.340 e. The Morgan fingerprint density at radius 2 is 2.10 bits per heavy atom. The molecule has 0 unspecified atom stereocenters. The molecule has 0 saturated heterocycles. The van der Waals surface area contributed by atoms with E-state index in [4.69, 9.17) is 11.6 Å². The van der Waals surface area contributed by atoms with Crippen molar-refractivity contribution in [2.75, 3.05) is 5.32 Å². The molecule has 0 saturated carbocycles. The quantitative estimate of drug-likeness (QED) is 0.529. The van der Waals surface area contributed by atoms with Crippen LogP contribution in [0.15, 0.2) is 35.4 Å². The first-order valence-corrected chi connectivity index (χ1v) is 7.27. The molecule has 0 spiro atoms. The van der Waals surface area contributed by atoms with Crippen LogP contribution in [0, 0.1) is 0 Å². The monoisotopic (exact) mass is 317 g/mol. The highest BCUT2D eigenvalue weighted by Gasteiger charge is 2.08. The molecule has 104 valence electrons. The van der Waals surface area contributed by atoms with Crippen molar-refractivity contribution in [1.82, 2.24) is 19.9 Å². The molecule has 4 rings (SSSR count). The molecule has 6 nitrogen and oxygen atoms in total. The predicted molar refractivity (Wildman–Crippen MR) is 84.6 cm³/mol. The lowest BCUT2D eigenvalue weighted by Gasteiger charge is -2.06. The molecule has 3 aromatic heterocycles. The lowest BCUT2D eigenvalue weighted by Crippen LogP contribution is -1.94. The Bertz CT molecular complexity index is 1020. The van der Waals surface area contributed by atoms with Crippen LogP contribution in [0.3, 0.4) is 0 Å². The summed E-state index contributed by atoms with van der Waals surface area (Å²) >= 11 is 7.12. The summed E-state index contributed by atoms with van der Waals surface area (Å²) in [6, 6.07) is 7.41. The second-order valence-electron chi connectivity index (χ2n) is 4.45. The lowest BCUT2D eigenvalue weighted by molar-refractivity contribution is 1.20. The minimum Gasteiger partial charge on any atom is -0.340 e. The third kappa shape index (κ3) is 2.16. The number of rotatable bonds is 2. The minimum absolute atomic E-state index is 0.0657. The molecule has 0 amide bonds. The Balaban J connectivity index is 1.80.